The van der Waals surface area contributed by atoms with Gasteiger partial charge in [0.25, 0.3) is 0 Å². The molecule has 0 fully saturated rings. The minimum Gasteiger partial charge on any atom is -0.265 e. The fourth-order valence-corrected chi connectivity index (χ4v) is 8.01. The van der Waals surface area contributed by atoms with Crippen molar-refractivity contribution in [2.45, 2.75) is 5.41 Å². The van der Waals surface area contributed by atoms with Gasteiger partial charge in [0.15, 0.2) is 0 Å². The van der Waals surface area contributed by atoms with Gasteiger partial charge in [0, 0.05) is 23.5 Å². The van der Waals surface area contributed by atoms with E-state index in [4.69, 9.17) is 9.97 Å². The van der Waals surface area contributed by atoms with Crippen LogP contribution in [0.2, 0.25) is 0 Å². The Kier molecular flexibility index (Phi) is 5.49. The number of hydrogen-bond donors (Lipinski definition) is 0. The summed E-state index contributed by atoms with van der Waals surface area (Å²) >= 11 is 0. The summed E-state index contributed by atoms with van der Waals surface area (Å²) in [5.41, 5.74) is 17.9. The second kappa shape index (κ2) is 9.90. The Bertz CT molecular complexity index is 2450. The zero-order chi connectivity index (χ0) is 31.0. The molecule has 0 saturated carbocycles. The first-order valence-electron chi connectivity index (χ1n) is 16.0. The van der Waals surface area contributed by atoms with Gasteiger partial charge >= 0.3 is 0 Å². The van der Waals surface area contributed by atoms with E-state index in [-0.39, 0.29) is 0 Å². The molecular formula is C44H27N3. The highest BCUT2D eigenvalue weighted by Gasteiger charge is 2.51. The molecule has 0 saturated heterocycles. The fourth-order valence-electron chi connectivity index (χ4n) is 8.01. The topological polar surface area (TPSA) is 38.7 Å². The number of para-hydroxylation sites is 2. The van der Waals surface area contributed by atoms with Crippen LogP contribution in [-0.2, 0) is 5.41 Å². The molecule has 0 unspecified atom stereocenters. The first-order valence-corrected chi connectivity index (χ1v) is 16.0. The lowest BCUT2D eigenvalue weighted by atomic mass is 9.70. The van der Waals surface area contributed by atoms with Gasteiger partial charge in [-0.1, -0.05) is 121 Å². The Balaban J connectivity index is 1.23. The molecule has 2 aliphatic rings. The van der Waals surface area contributed by atoms with Gasteiger partial charge in [0.1, 0.15) is 0 Å². The maximum atomic E-state index is 5.31. The van der Waals surface area contributed by atoms with Crippen molar-refractivity contribution >= 4 is 11.0 Å². The molecule has 2 aromatic heterocycles. The minimum absolute atomic E-state index is 0.411. The number of fused-ring (bicyclic) bond motifs is 11. The van der Waals surface area contributed by atoms with Crippen molar-refractivity contribution in [3.05, 3.63) is 186 Å². The van der Waals surface area contributed by atoms with Crippen LogP contribution in [0.15, 0.2) is 164 Å². The molecule has 0 aliphatic heterocycles. The summed E-state index contributed by atoms with van der Waals surface area (Å²) in [4.78, 5) is 14.7. The summed E-state index contributed by atoms with van der Waals surface area (Å²) in [6.45, 7) is 0. The van der Waals surface area contributed by atoms with E-state index < -0.39 is 5.41 Å². The number of pyridine rings is 1. The number of benzene rings is 6. The summed E-state index contributed by atoms with van der Waals surface area (Å²) in [7, 11) is 0. The van der Waals surface area contributed by atoms with E-state index in [0.717, 1.165) is 44.7 Å². The van der Waals surface area contributed by atoms with Gasteiger partial charge in [0.2, 0.25) is 0 Å². The van der Waals surface area contributed by atoms with Crippen molar-refractivity contribution in [1.29, 1.82) is 0 Å². The van der Waals surface area contributed by atoms with Crippen molar-refractivity contribution in [2.24, 2.45) is 0 Å². The molecule has 0 amide bonds. The third-order valence-corrected chi connectivity index (χ3v) is 10.0. The molecule has 3 nitrogen and oxygen atoms in total. The van der Waals surface area contributed by atoms with E-state index in [1.54, 1.807) is 0 Å². The fraction of sp³-hybridized carbons (Fsp3) is 0.0227. The Morgan fingerprint density at radius 3 is 1.34 bits per heavy atom. The molecule has 0 bridgehead atoms. The van der Waals surface area contributed by atoms with Crippen LogP contribution in [0.1, 0.15) is 22.3 Å². The standard InChI is InChI=1S/C44H27N3/c1-4-12-36-32(9-1)33-10-2-5-13-37(33)44(36)38-14-6-3-11-34(38)35-22-21-31(27-39(35)44)43-42(46-40-15-7-8-16-41(40)47-43)30-19-17-28(18-20-30)29-23-25-45-26-24-29/h1-27H. The predicted octanol–water partition coefficient (Wildman–Crippen LogP) is 10.4. The highest BCUT2D eigenvalue weighted by Crippen LogP contribution is 2.63. The molecule has 47 heavy (non-hydrogen) atoms. The normalized spacial score (nSPS) is 13.3. The molecule has 0 atom stereocenters. The zero-order valence-electron chi connectivity index (χ0n) is 25.4. The van der Waals surface area contributed by atoms with E-state index in [0.29, 0.717) is 0 Å². The van der Waals surface area contributed by atoms with Gasteiger partial charge in [-0.15, -0.1) is 0 Å². The van der Waals surface area contributed by atoms with E-state index in [9.17, 15) is 0 Å². The van der Waals surface area contributed by atoms with Crippen LogP contribution in [0.3, 0.4) is 0 Å². The van der Waals surface area contributed by atoms with Crippen molar-refractivity contribution < 1.29 is 0 Å². The second-order valence-electron chi connectivity index (χ2n) is 12.4. The van der Waals surface area contributed by atoms with Gasteiger partial charge in [-0.3, -0.25) is 4.98 Å². The number of nitrogens with zero attached hydrogens (tertiary/aromatic N) is 3. The molecule has 8 aromatic rings. The van der Waals surface area contributed by atoms with Crippen LogP contribution in [0.4, 0.5) is 0 Å². The first kappa shape index (κ1) is 26.1. The smallest absolute Gasteiger partial charge is 0.0973 e. The van der Waals surface area contributed by atoms with Crippen LogP contribution < -0.4 is 0 Å². The molecule has 1 spiro atoms. The average Bonchev–Trinajstić information content (AvgIpc) is 3.62. The van der Waals surface area contributed by atoms with E-state index >= 15 is 0 Å². The second-order valence-corrected chi connectivity index (χ2v) is 12.4. The molecule has 2 heterocycles. The summed E-state index contributed by atoms with van der Waals surface area (Å²) in [5, 5.41) is 0. The highest BCUT2D eigenvalue weighted by molar-refractivity contribution is 5.96. The molecule has 218 valence electrons. The van der Waals surface area contributed by atoms with E-state index in [1.807, 2.05) is 42.7 Å². The third kappa shape index (κ3) is 3.65. The number of rotatable bonds is 3. The SMILES string of the molecule is c1ccc2c(c1)-c1ccccc1C21c2ccccc2-c2ccc(-c3nc4ccccc4nc3-c3ccc(-c4ccncc4)cc3)cc21. The lowest BCUT2D eigenvalue weighted by molar-refractivity contribution is 0.794. The average molecular weight is 598 g/mol. The van der Waals surface area contributed by atoms with E-state index in [1.165, 1.54) is 44.5 Å². The first-order chi connectivity index (χ1) is 23.3. The third-order valence-electron chi connectivity index (χ3n) is 10.0. The quantitative estimate of drug-likeness (QED) is 0.203. The lowest BCUT2D eigenvalue weighted by Crippen LogP contribution is -2.25. The van der Waals surface area contributed by atoms with Gasteiger partial charge < -0.3 is 0 Å². The Morgan fingerprint density at radius 2 is 0.766 bits per heavy atom. The van der Waals surface area contributed by atoms with Gasteiger partial charge in [-0.25, -0.2) is 9.97 Å². The number of hydrogen-bond acceptors (Lipinski definition) is 3. The van der Waals surface area contributed by atoms with Crippen LogP contribution in [0.25, 0.3) is 66.9 Å². The molecule has 10 rings (SSSR count). The summed E-state index contributed by atoms with van der Waals surface area (Å²) in [6.07, 6.45) is 3.66. The zero-order valence-corrected chi connectivity index (χ0v) is 25.4. The van der Waals surface area contributed by atoms with Crippen LogP contribution in [-0.4, -0.2) is 15.0 Å². The maximum absolute atomic E-state index is 5.31. The van der Waals surface area contributed by atoms with Crippen LogP contribution >= 0.6 is 0 Å². The molecule has 6 aromatic carbocycles. The highest BCUT2D eigenvalue weighted by atomic mass is 14.8. The van der Waals surface area contributed by atoms with Crippen molar-refractivity contribution in [2.75, 3.05) is 0 Å². The van der Waals surface area contributed by atoms with Crippen molar-refractivity contribution in [3.63, 3.8) is 0 Å². The van der Waals surface area contributed by atoms with E-state index in [2.05, 4.69) is 126 Å². The predicted molar refractivity (Wildman–Crippen MR) is 190 cm³/mol. The van der Waals surface area contributed by atoms with Crippen molar-refractivity contribution in [1.82, 2.24) is 15.0 Å². The molecule has 0 N–H and O–H groups in total. The molecular weight excluding hydrogens is 571 g/mol. The monoisotopic (exact) mass is 597 g/mol. The van der Waals surface area contributed by atoms with Crippen LogP contribution in [0.5, 0.6) is 0 Å². The van der Waals surface area contributed by atoms with Gasteiger partial charge in [0.05, 0.1) is 27.8 Å². The number of aromatic nitrogens is 3. The Hall–Kier alpha value is -6.19. The summed E-state index contributed by atoms with van der Waals surface area (Å²) < 4.78 is 0. The summed E-state index contributed by atoms with van der Waals surface area (Å²) in [5.74, 6) is 0. The Labute approximate surface area is 272 Å². The van der Waals surface area contributed by atoms with Gasteiger partial charge in [-0.2, -0.15) is 0 Å². The van der Waals surface area contributed by atoms with Crippen LogP contribution in [0, 0.1) is 0 Å². The van der Waals surface area contributed by atoms with Crippen molar-refractivity contribution in [3.8, 4) is 55.9 Å². The minimum atomic E-state index is -0.411. The maximum Gasteiger partial charge on any atom is 0.0973 e. The molecule has 3 heteroatoms. The summed E-state index contributed by atoms with van der Waals surface area (Å²) in [6, 6.07) is 54.6. The Morgan fingerprint density at radius 1 is 0.340 bits per heavy atom. The molecule has 2 aliphatic carbocycles. The molecule has 0 radical (unpaired) electrons. The lowest BCUT2D eigenvalue weighted by Gasteiger charge is -2.30. The largest absolute Gasteiger partial charge is 0.265 e. The van der Waals surface area contributed by atoms with Gasteiger partial charge in [-0.05, 0) is 86.0 Å².